The van der Waals surface area contributed by atoms with Gasteiger partial charge in [0.05, 0.1) is 22.4 Å². The highest BCUT2D eigenvalue weighted by molar-refractivity contribution is 6.21. The Labute approximate surface area is 180 Å². The molecule has 9 nitrogen and oxygen atoms in total. The number of anilines is 2. The van der Waals surface area contributed by atoms with E-state index in [1.807, 2.05) is 32.0 Å². The Bertz CT molecular complexity index is 1140. The highest BCUT2D eigenvalue weighted by Gasteiger charge is 2.34. The Morgan fingerprint density at radius 3 is 2.26 bits per heavy atom. The van der Waals surface area contributed by atoms with Gasteiger partial charge in [0.1, 0.15) is 17.4 Å². The molecule has 0 fully saturated rings. The van der Waals surface area contributed by atoms with Crippen molar-refractivity contribution < 1.29 is 14.4 Å². The molecule has 1 heterocycles. The molecule has 1 aliphatic heterocycles. The molecule has 0 unspecified atom stereocenters. The van der Waals surface area contributed by atoms with Crippen LogP contribution in [0.2, 0.25) is 0 Å². The normalized spacial score (nSPS) is 12.8. The third-order valence-electron chi connectivity index (χ3n) is 5.01. The van der Waals surface area contributed by atoms with Crippen LogP contribution in [0, 0.1) is 11.3 Å². The Morgan fingerprint density at radius 1 is 1.06 bits per heavy atom. The molecule has 31 heavy (non-hydrogen) atoms. The van der Waals surface area contributed by atoms with Gasteiger partial charge in [0.25, 0.3) is 11.8 Å². The minimum absolute atomic E-state index is 0.125. The molecule has 0 atom stereocenters. The summed E-state index contributed by atoms with van der Waals surface area (Å²) < 4.78 is 0. The minimum Gasteiger partial charge on any atom is -0.372 e. The van der Waals surface area contributed by atoms with Crippen molar-refractivity contribution in [3.05, 3.63) is 47.0 Å². The number of imide groups is 1. The van der Waals surface area contributed by atoms with Crippen LogP contribution in [0.1, 0.15) is 47.1 Å². The van der Waals surface area contributed by atoms with Crippen LogP contribution in [0.15, 0.2) is 40.6 Å². The fraction of sp³-hybridized carbons (Fsp3) is 0.273. The van der Waals surface area contributed by atoms with E-state index < -0.39 is 11.8 Å². The Balaban J connectivity index is 2.04. The van der Waals surface area contributed by atoms with Gasteiger partial charge < -0.3 is 10.2 Å². The lowest BCUT2D eigenvalue weighted by Gasteiger charge is -2.22. The van der Waals surface area contributed by atoms with E-state index >= 15 is 0 Å². The number of carbonyl (C=O) groups is 3. The molecule has 158 valence electrons. The molecule has 1 N–H and O–H groups in total. The predicted molar refractivity (Wildman–Crippen MR) is 116 cm³/mol. The monoisotopic (exact) mass is 418 g/mol. The van der Waals surface area contributed by atoms with Crippen LogP contribution in [0.5, 0.6) is 0 Å². The number of azo groups is 1. The van der Waals surface area contributed by atoms with E-state index in [1.54, 1.807) is 6.07 Å². The molecule has 0 saturated carbocycles. The van der Waals surface area contributed by atoms with Gasteiger partial charge in [0.15, 0.2) is 0 Å². The van der Waals surface area contributed by atoms with Gasteiger partial charge in [-0.15, -0.1) is 10.2 Å². The predicted octanol–water partition coefficient (Wildman–Crippen LogP) is 4.00. The van der Waals surface area contributed by atoms with E-state index in [0.717, 1.165) is 23.7 Å². The highest BCUT2D eigenvalue weighted by Crippen LogP contribution is 2.34. The number of nitrogens with zero attached hydrogens (tertiary/aromatic N) is 5. The summed E-state index contributed by atoms with van der Waals surface area (Å²) in [6.07, 6.45) is 0. The van der Waals surface area contributed by atoms with Crippen LogP contribution in [0.3, 0.4) is 0 Å². The van der Waals surface area contributed by atoms with Gasteiger partial charge >= 0.3 is 0 Å². The lowest BCUT2D eigenvalue weighted by Crippen LogP contribution is -2.24. The van der Waals surface area contributed by atoms with Gasteiger partial charge in [-0.05, 0) is 44.2 Å². The summed E-state index contributed by atoms with van der Waals surface area (Å²) >= 11 is 0. The van der Waals surface area contributed by atoms with Crippen LogP contribution < -0.4 is 10.2 Å². The number of rotatable bonds is 6. The average Bonchev–Trinajstić information content (AvgIpc) is 2.96. The first kappa shape index (κ1) is 21.6. The molecular formula is C22H22N6O3. The first-order valence-corrected chi connectivity index (χ1v) is 9.79. The molecule has 0 aliphatic carbocycles. The smallest absolute Gasteiger partial charge is 0.261 e. The number of nitriles is 1. The quantitative estimate of drug-likeness (QED) is 0.562. The van der Waals surface area contributed by atoms with E-state index in [9.17, 15) is 19.6 Å². The first-order valence-electron chi connectivity index (χ1n) is 9.79. The SMILES string of the molecule is CCN(CC)c1ccc(N=Nc2cc3c(cc2C#N)C(=O)N(C)C3=O)c(NC(C)=O)c1. The number of amides is 3. The topological polar surface area (TPSA) is 118 Å². The summed E-state index contributed by atoms with van der Waals surface area (Å²) in [7, 11) is 1.38. The number of fused-ring (bicyclic) bond motifs is 1. The van der Waals surface area contributed by atoms with E-state index in [0.29, 0.717) is 11.4 Å². The summed E-state index contributed by atoms with van der Waals surface area (Å²) in [5.41, 5.74) is 2.44. The largest absolute Gasteiger partial charge is 0.372 e. The summed E-state index contributed by atoms with van der Waals surface area (Å²) in [5.74, 6) is -1.17. The van der Waals surface area contributed by atoms with Crippen molar-refractivity contribution in [2.24, 2.45) is 10.2 Å². The van der Waals surface area contributed by atoms with Crippen LogP contribution in [-0.2, 0) is 4.79 Å². The summed E-state index contributed by atoms with van der Waals surface area (Å²) in [6.45, 7) is 7.09. The zero-order valence-electron chi connectivity index (χ0n) is 17.8. The first-order chi connectivity index (χ1) is 14.8. The van der Waals surface area contributed by atoms with Gasteiger partial charge in [0, 0.05) is 32.7 Å². The fourth-order valence-corrected chi connectivity index (χ4v) is 3.36. The zero-order valence-corrected chi connectivity index (χ0v) is 17.8. The van der Waals surface area contributed by atoms with E-state index in [2.05, 4.69) is 20.4 Å². The van der Waals surface area contributed by atoms with Gasteiger partial charge in [-0.2, -0.15) is 5.26 Å². The molecular weight excluding hydrogens is 396 g/mol. The molecule has 0 aromatic heterocycles. The Hall–Kier alpha value is -4.06. The molecule has 2 aromatic carbocycles. The molecule has 0 spiro atoms. The molecule has 9 heteroatoms. The van der Waals surface area contributed by atoms with E-state index in [4.69, 9.17) is 0 Å². The van der Waals surface area contributed by atoms with Crippen LogP contribution >= 0.6 is 0 Å². The molecule has 2 aromatic rings. The average molecular weight is 418 g/mol. The molecule has 1 aliphatic rings. The molecule has 0 radical (unpaired) electrons. The molecule has 0 saturated heterocycles. The van der Waals surface area contributed by atoms with Crippen molar-refractivity contribution in [3.63, 3.8) is 0 Å². The number of benzene rings is 2. The van der Waals surface area contributed by atoms with Gasteiger partial charge in [0.2, 0.25) is 5.91 Å². The third kappa shape index (κ3) is 4.14. The van der Waals surface area contributed by atoms with E-state index in [1.165, 1.54) is 26.1 Å². The molecule has 0 bridgehead atoms. The number of nitrogens with one attached hydrogen (secondary N) is 1. The summed E-state index contributed by atoms with van der Waals surface area (Å²) in [4.78, 5) is 39.2. The number of carbonyl (C=O) groups excluding carboxylic acids is 3. The van der Waals surface area contributed by atoms with Crippen LogP contribution in [0.25, 0.3) is 0 Å². The summed E-state index contributed by atoms with van der Waals surface area (Å²) in [6, 6.07) is 10.1. The minimum atomic E-state index is -0.458. The van der Waals surface area contributed by atoms with Crippen molar-refractivity contribution in [2.75, 3.05) is 30.4 Å². The standard InChI is InChI=1S/C22H22N6O3/c1-5-28(6-2)15-7-8-18(20(10-15)24-13(3)29)25-26-19-11-17-16(9-14(19)12-23)21(30)27(4)22(17)31/h7-11H,5-6H2,1-4H3,(H,24,29). The lowest BCUT2D eigenvalue weighted by atomic mass is 10.0. The van der Waals surface area contributed by atoms with Gasteiger partial charge in [-0.1, -0.05) is 0 Å². The lowest BCUT2D eigenvalue weighted by molar-refractivity contribution is -0.114. The van der Waals surface area contributed by atoms with Crippen molar-refractivity contribution in [3.8, 4) is 6.07 Å². The van der Waals surface area contributed by atoms with Crippen molar-refractivity contribution in [1.29, 1.82) is 5.26 Å². The van der Waals surface area contributed by atoms with Crippen molar-refractivity contribution >= 4 is 40.5 Å². The maximum Gasteiger partial charge on any atom is 0.261 e. The second-order valence-corrected chi connectivity index (χ2v) is 6.95. The van der Waals surface area contributed by atoms with Crippen molar-refractivity contribution in [2.45, 2.75) is 20.8 Å². The second kappa shape index (κ2) is 8.75. The Kier molecular flexibility index (Phi) is 6.11. The van der Waals surface area contributed by atoms with Gasteiger partial charge in [-0.3, -0.25) is 19.3 Å². The Morgan fingerprint density at radius 2 is 1.68 bits per heavy atom. The summed E-state index contributed by atoms with van der Waals surface area (Å²) in [5, 5.41) is 20.6. The van der Waals surface area contributed by atoms with Gasteiger partial charge in [-0.25, -0.2) is 0 Å². The fourth-order valence-electron chi connectivity index (χ4n) is 3.36. The van der Waals surface area contributed by atoms with E-state index in [-0.39, 0.29) is 28.3 Å². The number of hydrogen-bond acceptors (Lipinski definition) is 7. The molecule has 3 amide bonds. The zero-order chi connectivity index (χ0) is 22.7. The highest BCUT2D eigenvalue weighted by atomic mass is 16.2. The van der Waals surface area contributed by atoms with Crippen molar-refractivity contribution in [1.82, 2.24) is 4.90 Å². The molecule has 3 rings (SSSR count). The van der Waals surface area contributed by atoms with Crippen LogP contribution in [-0.4, -0.2) is 42.8 Å². The number of hydrogen-bond donors (Lipinski definition) is 1. The van der Waals surface area contributed by atoms with Crippen LogP contribution in [0.4, 0.5) is 22.7 Å². The third-order valence-corrected chi connectivity index (χ3v) is 5.01. The maximum atomic E-state index is 12.3. The second-order valence-electron chi connectivity index (χ2n) is 6.95. The maximum absolute atomic E-state index is 12.3.